The smallest absolute Gasteiger partial charge is 0.354 e. The van der Waals surface area contributed by atoms with Crippen molar-refractivity contribution in [2.75, 3.05) is 6.26 Å². The van der Waals surface area contributed by atoms with E-state index in [1.54, 1.807) is 0 Å². The predicted octanol–water partition coefficient (Wildman–Crippen LogP) is -0.0802. The van der Waals surface area contributed by atoms with E-state index in [9.17, 15) is 13.2 Å². The fourth-order valence-electron chi connectivity index (χ4n) is 0.908. The molecule has 16 heavy (non-hydrogen) atoms. The quantitative estimate of drug-likeness (QED) is 0.494. The molecular weight excluding hydrogens is 240 g/mol. The van der Waals surface area contributed by atoms with Crippen LogP contribution in [0.2, 0.25) is 0 Å². The van der Waals surface area contributed by atoms with Crippen molar-refractivity contribution in [3.8, 4) is 17.2 Å². The van der Waals surface area contributed by atoms with Gasteiger partial charge in [-0.25, -0.2) is 4.79 Å². The highest BCUT2D eigenvalue weighted by Gasteiger charge is 2.17. The maximum absolute atomic E-state index is 11.2. The minimum atomic E-state index is -3.98. The molecule has 0 bridgehead atoms. The number of carbonyl (C=O) groups is 1. The number of aromatic hydroxyl groups is 3. The van der Waals surface area contributed by atoms with E-state index in [1.807, 2.05) is 0 Å². The van der Waals surface area contributed by atoms with E-state index in [4.69, 9.17) is 15.3 Å². The van der Waals surface area contributed by atoms with Gasteiger partial charge in [0.05, 0.1) is 11.8 Å². The van der Waals surface area contributed by atoms with E-state index in [1.165, 1.54) is 0 Å². The molecule has 1 aromatic carbocycles. The van der Waals surface area contributed by atoms with Crippen LogP contribution in [-0.4, -0.2) is 36.0 Å². The summed E-state index contributed by atoms with van der Waals surface area (Å²) in [5, 5.41) is 27.1. The molecular formula is C8H8O7S. The SMILES string of the molecule is CS(=O)(=O)OC(=O)c1cc(O)c(O)c(O)c1. The maximum Gasteiger partial charge on any atom is 0.354 e. The molecule has 0 atom stereocenters. The molecule has 0 aliphatic carbocycles. The van der Waals surface area contributed by atoms with Gasteiger partial charge in [-0.15, -0.1) is 0 Å². The van der Waals surface area contributed by atoms with E-state index in [2.05, 4.69) is 4.18 Å². The first-order valence-corrected chi connectivity index (χ1v) is 5.71. The van der Waals surface area contributed by atoms with E-state index >= 15 is 0 Å². The van der Waals surface area contributed by atoms with Crippen molar-refractivity contribution in [2.24, 2.45) is 0 Å². The van der Waals surface area contributed by atoms with Gasteiger partial charge >= 0.3 is 16.1 Å². The topological polar surface area (TPSA) is 121 Å². The predicted molar refractivity (Wildman–Crippen MR) is 51.7 cm³/mol. The van der Waals surface area contributed by atoms with Crippen LogP contribution in [0, 0.1) is 0 Å². The largest absolute Gasteiger partial charge is 0.504 e. The monoisotopic (exact) mass is 248 g/mol. The van der Waals surface area contributed by atoms with E-state index in [0.717, 1.165) is 12.1 Å². The van der Waals surface area contributed by atoms with Crippen LogP contribution in [0.5, 0.6) is 17.2 Å². The van der Waals surface area contributed by atoms with Crippen molar-refractivity contribution in [3.63, 3.8) is 0 Å². The number of phenolic OH excluding ortho intramolecular Hbond substituents is 3. The fourth-order valence-corrected chi connectivity index (χ4v) is 1.28. The van der Waals surface area contributed by atoms with Crippen LogP contribution in [-0.2, 0) is 14.3 Å². The van der Waals surface area contributed by atoms with Crippen LogP contribution in [0.15, 0.2) is 12.1 Å². The summed E-state index contributed by atoms with van der Waals surface area (Å²) < 4.78 is 25.3. The van der Waals surface area contributed by atoms with Gasteiger partial charge in [-0.3, -0.25) is 0 Å². The molecule has 0 amide bonds. The second-order valence-electron chi connectivity index (χ2n) is 2.94. The molecule has 0 spiro atoms. The lowest BCUT2D eigenvalue weighted by Crippen LogP contribution is -2.11. The van der Waals surface area contributed by atoms with Gasteiger partial charge in [-0.2, -0.15) is 8.42 Å². The third kappa shape index (κ3) is 2.76. The average molecular weight is 248 g/mol. The molecule has 0 aliphatic heterocycles. The first-order valence-electron chi connectivity index (χ1n) is 3.89. The molecule has 7 nitrogen and oxygen atoms in total. The molecule has 8 heteroatoms. The second-order valence-corrected chi connectivity index (χ2v) is 4.51. The molecule has 0 radical (unpaired) electrons. The molecule has 1 aromatic rings. The normalized spacial score (nSPS) is 11.1. The minimum Gasteiger partial charge on any atom is -0.504 e. The molecule has 0 aliphatic rings. The molecule has 0 saturated carbocycles. The maximum atomic E-state index is 11.2. The Labute approximate surface area is 90.7 Å². The summed E-state index contributed by atoms with van der Waals surface area (Å²) >= 11 is 0. The Bertz CT molecular complexity index is 508. The molecule has 1 rings (SSSR count). The van der Waals surface area contributed by atoms with Gasteiger partial charge in [0.2, 0.25) is 0 Å². The number of phenols is 3. The first kappa shape index (κ1) is 12.1. The lowest BCUT2D eigenvalue weighted by atomic mass is 10.2. The summed E-state index contributed by atoms with van der Waals surface area (Å²) in [6, 6.07) is 1.53. The zero-order valence-electron chi connectivity index (χ0n) is 8.04. The van der Waals surface area contributed by atoms with Crippen molar-refractivity contribution in [1.82, 2.24) is 0 Å². The van der Waals surface area contributed by atoms with Gasteiger partial charge in [0.25, 0.3) is 0 Å². The van der Waals surface area contributed by atoms with Gasteiger partial charge in [0.15, 0.2) is 17.2 Å². The molecule has 0 saturated heterocycles. The van der Waals surface area contributed by atoms with Crippen molar-refractivity contribution in [3.05, 3.63) is 17.7 Å². The number of rotatable bonds is 2. The van der Waals surface area contributed by atoms with E-state index in [0.29, 0.717) is 6.26 Å². The van der Waals surface area contributed by atoms with Crippen LogP contribution in [0.4, 0.5) is 0 Å². The molecule has 0 heterocycles. The van der Waals surface area contributed by atoms with Crippen LogP contribution in [0.25, 0.3) is 0 Å². The highest BCUT2D eigenvalue weighted by molar-refractivity contribution is 7.86. The van der Waals surface area contributed by atoms with Gasteiger partial charge < -0.3 is 19.5 Å². The fraction of sp³-hybridized carbons (Fsp3) is 0.125. The molecule has 0 aromatic heterocycles. The lowest BCUT2D eigenvalue weighted by Gasteiger charge is -2.04. The second kappa shape index (κ2) is 3.89. The Balaban J connectivity index is 3.11. The standard InChI is InChI=1S/C8H8O7S/c1-16(13,14)15-8(12)4-2-5(9)7(11)6(10)3-4/h2-3,9-11H,1H3. The van der Waals surface area contributed by atoms with Crippen LogP contribution in [0.1, 0.15) is 10.4 Å². The third-order valence-corrected chi connectivity index (χ3v) is 1.99. The van der Waals surface area contributed by atoms with Crippen LogP contribution >= 0.6 is 0 Å². The lowest BCUT2D eigenvalue weighted by molar-refractivity contribution is 0.0747. The summed E-state index contributed by atoms with van der Waals surface area (Å²) in [6.07, 6.45) is 0.672. The van der Waals surface area contributed by atoms with Crippen molar-refractivity contribution in [2.45, 2.75) is 0 Å². The number of hydrogen-bond acceptors (Lipinski definition) is 7. The molecule has 3 N–H and O–H groups in total. The summed E-state index contributed by atoms with van der Waals surface area (Å²) in [7, 11) is -3.98. The van der Waals surface area contributed by atoms with Gasteiger partial charge in [0.1, 0.15) is 0 Å². The van der Waals surface area contributed by atoms with Crippen molar-refractivity contribution < 1.29 is 32.7 Å². The van der Waals surface area contributed by atoms with Crippen LogP contribution in [0.3, 0.4) is 0 Å². The average Bonchev–Trinajstić information content (AvgIpc) is 2.10. The van der Waals surface area contributed by atoms with Gasteiger partial charge in [-0.1, -0.05) is 0 Å². The first-order chi connectivity index (χ1) is 7.20. The van der Waals surface area contributed by atoms with E-state index in [-0.39, 0.29) is 0 Å². The summed E-state index contributed by atoms with van der Waals surface area (Å²) in [5.41, 5.74) is -0.404. The van der Waals surface area contributed by atoms with Crippen LogP contribution < -0.4 is 0 Å². The Morgan fingerprint density at radius 2 is 1.62 bits per heavy atom. The van der Waals surface area contributed by atoms with Gasteiger partial charge in [0, 0.05) is 0 Å². The Morgan fingerprint density at radius 3 is 2.00 bits per heavy atom. The third-order valence-electron chi connectivity index (χ3n) is 1.53. The van der Waals surface area contributed by atoms with E-state index < -0.39 is 38.9 Å². The summed E-state index contributed by atoms with van der Waals surface area (Å²) in [4.78, 5) is 11.2. The Hall–Kier alpha value is -1.96. The molecule has 0 unspecified atom stereocenters. The van der Waals surface area contributed by atoms with Crippen molar-refractivity contribution >= 4 is 16.1 Å². The highest BCUT2D eigenvalue weighted by atomic mass is 32.2. The summed E-state index contributed by atoms with van der Waals surface area (Å²) in [5.74, 6) is -3.61. The number of carbonyl (C=O) groups excluding carboxylic acids is 1. The Morgan fingerprint density at radius 1 is 1.19 bits per heavy atom. The number of hydrogen-bond donors (Lipinski definition) is 3. The highest BCUT2D eigenvalue weighted by Crippen LogP contribution is 2.35. The Kier molecular flexibility index (Phi) is 2.95. The van der Waals surface area contributed by atoms with Crippen molar-refractivity contribution in [1.29, 1.82) is 0 Å². The summed E-state index contributed by atoms with van der Waals surface area (Å²) in [6.45, 7) is 0. The number of benzene rings is 1. The zero-order chi connectivity index (χ0) is 12.5. The molecule has 88 valence electrons. The minimum absolute atomic E-state index is 0.404. The molecule has 0 fully saturated rings. The zero-order valence-corrected chi connectivity index (χ0v) is 8.85. The van der Waals surface area contributed by atoms with Gasteiger partial charge in [-0.05, 0) is 12.1 Å².